The van der Waals surface area contributed by atoms with Crippen molar-refractivity contribution in [1.82, 2.24) is 19.6 Å². The Balaban J connectivity index is -0.0000000910. The molecule has 0 bridgehead atoms. The number of rotatable bonds is 8. The number of methoxy groups -OCH3 is 1. The molecule has 0 radical (unpaired) electrons. The summed E-state index contributed by atoms with van der Waals surface area (Å²) >= 11 is 0. The summed E-state index contributed by atoms with van der Waals surface area (Å²) in [6, 6.07) is 0.130. The molecule has 1 fully saturated rings. The summed E-state index contributed by atoms with van der Waals surface area (Å²) in [5.74, 6) is 1.12. The average molecular weight is 611 g/mol. The molecule has 0 saturated carbocycles. The lowest BCUT2D eigenvalue weighted by atomic mass is 10.2. The Morgan fingerprint density at radius 3 is 1.19 bits per heavy atom. The molecule has 0 aromatic rings. The predicted octanol–water partition coefficient (Wildman–Crippen LogP) is 6.45. The van der Waals surface area contributed by atoms with Gasteiger partial charge in [0, 0.05) is 60.4 Å². The second kappa shape index (κ2) is 46.6. The summed E-state index contributed by atoms with van der Waals surface area (Å²) in [4.78, 5) is 18.5. The number of nitrogens with zero attached hydrogens (tertiary/aromatic N) is 4. The Hall–Kier alpha value is -1.39. The number of carbonyl (C=O) groups is 1. The third-order valence-corrected chi connectivity index (χ3v) is 5.32. The van der Waals surface area contributed by atoms with Gasteiger partial charge < -0.3 is 39.3 Å². The number of likely N-dealkylation sites (N-methyl/N-ethyl adjacent to an activating group) is 4. The molecule has 9 heteroatoms. The maximum Gasteiger partial charge on any atom is 0.319 e. The Labute approximate surface area is 264 Å². The highest BCUT2D eigenvalue weighted by molar-refractivity contribution is 5.75. The van der Waals surface area contributed by atoms with E-state index in [4.69, 9.17) is 19.7 Å². The molecule has 1 saturated heterocycles. The minimum Gasteiger partial charge on any atom is -0.498 e. The number of allylic oxidation sites excluding steroid dienone is 1. The minimum absolute atomic E-state index is 0.125. The van der Waals surface area contributed by atoms with E-state index in [2.05, 4.69) is 79.5 Å². The molecule has 0 aliphatic carbocycles. The number of aliphatic hydroxyl groups excluding tert-OH is 2. The minimum atomic E-state index is -0.125. The van der Waals surface area contributed by atoms with Crippen molar-refractivity contribution in [3.05, 3.63) is 11.3 Å². The van der Waals surface area contributed by atoms with Crippen molar-refractivity contribution in [1.29, 1.82) is 0 Å². The van der Waals surface area contributed by atoms with Crippen LogP contribution >= 0.6 is 0 Å². The normalized spacial score (nSPS) is 12.7. The van der Waals surface area contributed by atoms with Crippen molar-refractivity contribution < 1.29 is 24.5 Å². The Kier molecular flexibility index (Phi) is 59.0. The van der Waals surface area contributed by atoms with Crippen LogP contribution < -0.4 is 0 Å². The number of aliphatic hydroxyl groups is 2. The lowest BCUT2D eigenvalue weighted by Gasteiger charge is -2.13. The number of unbranched alkanes of at least 4 members (excludes halogenated alkanes) is 2. The predicted molar refractivity (Wildman–Crippen MR) is 186 cm³/mol. The third-order valence-electron chi connectivity index (χ3n) is 5.32. The molecule has 0 aromatic carbocycles. The van der Waals surface area contributed by atoms with E-state index in [-0.39, 0.29) is 19.2 Å². The summed E-state index contributed by atoms with van der Waals surface area (Å²) in [6.45, 7) is 24.5. The molecule has 0 aromatic heterocycles. The molecular weight excluding hydrogens is 532 g/mol. The highest BCUT2D eigenvalue weighted by Gasteiger charge is 2.20. The number of ether oxygens (including phenoxy) is 2. The van der Waals surface area contributed by atoms with E-state index in [1.54, 1.807) is 16.9 Å². The van der Waals surface area contributed by atoms with Crippen molar-refractivity contribution >= 4 is 6.03 Å². The fraction of sp³-hybridized carbons (Fsp3) is 0.909. The number of hydrogen-bond donors (Lipinski definition) is 2. The van der Waals surface area contributed by atoms with Crippen molar-refractivity contribution in [2.24, 2.45) is 0 Å². The summed E-state index contributed by atoms with van der Waals surface area (Å²) in [5, 5.41) is 15.2. The van der Waals surface area contributed by atoms with E-state index in [1.165, 1.54) is 31.3 Å². The first-order chi connectivity index (χ1) is 19.8. The monoisotopic (exact) mass is 611 g/mol. The van der Waals surface area contributed by atoms with Crippen LogP contribution in [0.4, 0.5) is 4.79 Å². The first kappa shape index (κ1) is 53.2. The van der Waals surface area contributed by atoms with Gasteiger partial charge in [-0.15, -0.1) is 0 Å². The van der Waals surface area contributed by atoms with Crippen molar-refractivity contribution in [3.8, 4) is 0 Å². The number of carbonyl (C=O) groups excluding carboxylic acids is 1. The third kappa shape index (κ3) is 54.7. The van der Waals surface area contributed by atoms with Crippen molar-refractivity contribution in [2.45, 2.75) is 101 Å². The van der Waals surface area contributed by atoms with Gasteiger partial charge in [0.1, 0.15) is 0 Å². The first-order valence-corrected chi connectivity index (χ1v) is 16.1. The van der Waals surface area contributed by atoms with Crippen LogP contribution in [0, 0.1) is 0 Å². The van der Waals surface area contributed by atoms with Gasteiger partial charge in [-0.3, -0.25) is 0 Å². The standard InChI is InChI=1S/C6H16N2.C6H10O.C5H10N2O.C4H10O.2C4H10.C2H6O2.C2H6/c1-7(2)5-6-8(3)4;1-5-3-4-7-6(5)2;1-6-3-4-7(2)5(6)8;1-3-4-5-2;2*1-3-4-2;3-1-2-4;1-2/h5-6H2,1-4H3;3-4H2,1-2H3;3-4H2,1-2H3;3-4H2,1-2H3;2*3-4H2,1-2H3;3-4H,1-2H2;1-2H3. The smallest absolute Gasteiger partial charge is 0.319 e. The molecule has 0 spiro atoms. The fourth-order valence-corrected chi connectivity index (χ4v) is 2.04. The van der Waals surface area contributed by atoms with Crippen molar-refractivity contribution in [2.75, 3.05) is 102 Å². The zero-order chi connectivity index (χ0) is 34.4. The number of hydrogen-bond acceptors (Lipinski definition) is 7. The quantitative estimate of drug-likeness (QED) is 0.327. The number of amides is 2. The van der Waals surface area contributed by atoms with E-state index < -0.39 is 0 Å². The van der Waals surface area contributed by atoms with Crippen LogP contribution in [0.2, 0.25) is 0 Å². The van der Waals surface area contributed by atoms with E-state index in [9.17, 15) is 4.79 Å². The van der Waals surface area contributed by atoms with Crippen LogP contribution in [0.25, 0.3) is 0 Å². The molecule has 0 atom stereocenters. The van der Waals surface area contributed by atoms with Gasteiger partial charge >= 0.3 is 6.03 Å². The fourth-order valence-electron chi connectivity index (χ4n) is 2.04. The summed E-state index contributed by atoms with van der Waals surface area (Å²) < 4.78 is 9.84. The molecular formula is C33H78N4O5. The van der Waals surface area contributed by atoms with Crippen LogP contribution in [-0.4, -0.2) is 138 Å². The van der Waals surface area contributed by atoms with Gasteiger partial charge in [0.05, 0.1) is 25.6 Å². The van der Waals surface area contributed by atoms with Crippen LogP contribution in [0.5, 0.6) is 0 Å². The number of urea groups is 1. The molecule has 0 unspecified atom stereocenters. The summed E-state index contributed by atoms with van der Waals surface area (Å²) in [6.07, 6.45) is 7.53. The maximum atomic E-state index is 10.8. The largest absolute Gasteiger partial charge is 0.498 e. The SMILES string of the molecule is CC.CC1=C(C)OCC1.CCCC.CCCC.CCCOC.CN(C)CCN(C)C.CN1CCN(C)C1=O.OCCO. The summed E-state index contributed by atoms with van der Waals surface area (Å²) in [7, 11) is 13.7. The molecule has 2 aliphatic heterocycles. The highest BCUT2D eigenvalue weighted by atomic mass is 16.5. The van der Waals surface area contributed by atoms with Crippen molar-refractivity contribution in [3.63, 3.8) is 0 Å². The van der Waals surface area contributed by atoms with E-state index in [0.29, 0.717) is 0 Å². The van der Waals surface area contributed by atoms with Gasteiger partial charge in [-0.1, -0.05) is 74.1 Å². The average Bonchev–Trinajstić information content (AvgIpc) is 3.52. The van der Waals surface area contributed by atoms with Gasteiger partial charge in [0.25, 0.3) is 0 Å². The van der Waals surface area contributed by atoms with E-state index >= 15 is 0 Å². The van der Waals surface area contributed by atoms with E-state index in [1.807, 2.05) is 34.9 Å². The van der Waals surface area contributed by atoms with Gasteiger partial charge in [-0.25, -0.2) is 4.79 Å². The Bertz CT molecular complexity index is 469. The molecule has 9 nitrogen and oxygen atoms in total. The Morgan fingerprint density at radius 1 is 0.762 bits per heavy atom. The molecule has 42 heavy (non-hydrogen) atoms. The van der Waals surface area contributed by atoms with Gasteiger partial charge in [0.2, 0.25) is 0 Å². The molecule has 2 amide bonds. The second-order valence-electron chi connectivity index (χ2n) is 10.1. The lowest BCUT2D eigenvalue weighted by Crippen LogP contribution is -2.25. The lowest BCUT2D eigenvalue weighted by molar-refractivity contribution is 0.186. The molecule has 2 heterocycles. The van der Waals surface area contributed by atoms with Crippen LogP contribution in [-0.2, 0) is 9.47 Å². The summed E-state index contributed by atoms with van der Waals surface area (Å²) in [5.41, 5.74) is 1.40. The first-order valence-electron chi connectivity index (χ1n) is 16.1. The Morgan fingerprint density at radius 2 is 1.12 bits per heavy atom. The zero-order valence-electron chi connectivity index (χ0n) is 31.3. The van der Waals surface area contributed by atoms with E-state index in [0.717, 1.165) is 58.0 Å². The van der Waals surface area contributed by atoms with Crippen LogP contribution in [0.15, 0.2) is 11.3 Å². The molecule has 2 aliphatic rings. The van der Waals surface area contributed by atoms with Gasteiger partial charge in [0.15, 0.2) is 0 Å². The van der Waals surface area contributed by atoms with Crippen LogP contribution in [0.3, 0.4) is 0 Å². The topological polar surface area (TPSA) is 89.0 Å². The molecule has 2 N–H and O–H groups in total. The molecule has 2 rings (SSSR count). The maximum absolute atomic E-state index is 10.8. The molecule has 260 valence electrons. The van der Waals surface area contributed by atoms with Gasteiger partial charge in [-0.05, 0) is 54.0 Å². The highest BCUT2D eigenvalue weighted by Crippen LogP contribution is 2.16. The van der Waals surface area contributed by atoms with Gasteiger partial charge in [-0.2, -0.15) is 0 Å². The van der Waals surface area contributed by atoms with Crippen LogP contribution in [0.1, 0.15) is 101 Å². The second-order valence-corrected chi connectivity index (χ2v) is 10.1. The zero-order valence-corrected chi connectivity index (χ0v) is 31.3.